The summed E-state index contributed by atoms with van der Waals surface area (Å²) in [5.74, 6) is -1.09. The second kappa shape index (κ2) is 4.56. The fourth-order valence-electron chi connectivity index (χ4n) is 1.63. The molecule has 3 heterocycles. The third kappa shape index (κ3) is 2.04. The quantitative estimate of drug-likeness (QED) is 0.802. The van der Waals surface area contributed by atoms with E-state index >= 15 is 0 Å². The molecular formula is C11H8N4O2S2. The van der Waals surface area contributed by atoms with Crippen LogP contribution in [0, 0.1) is 6.92 Å². The van der Waals surface area contributed by atoms with E-state index in [4.69, 9.17) is 0 Å². The van der Waals surface area contributed by atoms with Crippen LogP contribution in [-0.4, -0.2) is 31.1 Å². The van der Waals surface area contributed by atoms with Crippen LogP contribution in [0.25, 0.3) is 15.7 Å². The lowest BCUT2D eigenvalue weighted by molar-refractivity contribution is 0.0691. The van der Waals surface area contributed by atoms with Crippen LogP contribution in [0.2, 0.25) is 0 Å². The van der Waals surface area contributed by atoms with Crippen LogP contribution in [0.5, 0.6) is 0 Å². The number of carboxylic acids is 1. The van der Waals surface area contributed by atoms with Gasteiger partial charge in [0.2, 0.25) is 5.13 Å². The highest BCUT2D eigenvalue weighted by molar-refractivity contribution is 7.13. The van der Waals surface area contributed by atoms with Gasteiger partial charge < -0.3 is 5.11 Å². The smallest absolute Gasteiger partial charge is 0.358 e. The van der Waals surface area contributed by atoms with Crippen molar-refractivity contribution in [2.75, 3.05) is 0 Å². The topological polar surface area (TPSA) is 80.9 Å². The predicted molar refractivity (Wildman–Crippen MR) is 72.0 cm³/mol. The summed E-state index contributed by atoms with van der Waals surface area (Å²) in [6, 6.07) is 3.70. The summed E-state index contributed by atoms with van der Waals surface area (Å²) in [7, 11) is 0. The van der Waals surface area contributed by atoms with Crippen molar-refractivity contribution < 1.29 is 9.90 Å². The minimum absolute atomic E-state index is 0.0599. The van der Waals surface area contributed by atoms with Gasteiger partial charge in [0.05, 0.1) is 10.6 Å². The maximum absolute atomic E-state index is 11.2. The van der Waals surface area contributed by atoms with Gasteiger partial charge in [0.15, 0.2) is 5.69 Å². The molecule has 0 atom stereocenters. The maximum Gasteiger partial charge on any atom is 0.358 e. The molecule has 0 aliphatic carbocycles. The lowest BCUT2D eigenvalue weighted by Gasteiger charge is -2.00. The van der Waals surface area contributed by atoms with Gasteiger partial charge in [0.25, 0.3) is 0 Å². The zero-order valence-corrected chi connectivity index (χ0v) is 11.4. The normalized spacial score (nSPS) is 10.8. The predicted octanol–water partition coefficient (Wildman–Crippen LogP) is 2.46. The molecule has 96 valence electrons. The Bertz CT molecular complexity index is 730. The molecule has 0 fully saturated rings. The van der Waals surface area contributed by atoms with Gasteiger partial charge in [-0.05, 0) is 18.4 Å². The minimum atomic E-state index is -1.09. The first-order valence-corrected chi connectivity index (χ1v) is 7.08. The Hall–Kier alpha value is -2.06. The molecule has 3 aromatic heterocycles. The molecule has 0 aliphatic rings. The first-order chi connectivity index (χ1) is 9.16. The number of thiophene rings is 1. The van der Waals surface area contributed by atoms with Gasteiger partial charge in [-0.1, -0.05) is 11.3 Å². The molecular weight excluding hydrogens is 284 g/mol. The van der Waals surface area contributed by atoms with E-state index in [0.717, 1.165) is 10.6 Å². The summed E-state index contributed by atoms with van der Waals surface area (Å²) >= 11 is 2.84. The first-order valence-electron chi connectivity index (χ1n) is 5.32. The summed E-state index contributed by atoms with van der Waals surface area (Å²) in [5.41, 5.74) is 1.27. The van der Waals surface area contributed by atoms with Crippen LogP contribution in [0.4, 0.5) is 0 Å². The average Bonchev–Trinajstić information content (AvgIpc) is 3.06. The molecule has 3 rings (SSSR count). The van der Waals surface area contributed by atoms with Crippen LogP contribution in [0.3, 0.4) is 0 Å². The van der Waals surface area contributed by atoms with E-state index < -0.39 is 5.97 Å². The van der Waals surface area contributed by atoms with Crippen molar-refractivity contribution in [3.05, 3.63) is 34.3 Å². The van der Waals surface area contributed by atoms with Crippen molar-refractivity contribution in [1.29, 1.82) is 0 Å². The number of nitrogens with zero attached hydrogens (tertiary/aromatic N) is 4. The molecule has 0 saturated heterocycles. The van der Waals surface area contributed by atoms with Gasteiger partial charge in [-0.3, -0.25) is 0 Å². The van der Waals surface area contributed by atoms with Crippen LogP contribution >= 0.6 is 22.7 Å². The lowest BCUT2D eigenvalue weighted by atomic mass is 10.3. The SMILES string of the molecule is Cc1csc(-n2nnc(C(=O)O)c2-c2cccs2)n1. The molecule has 0 spiro atoms. The lowest BCUT2D eigenvalue weighted by Crippen LogP contribution is -2.02. The van der Waals surface area contributed by atoms with Crippen LogP contribution in [-0.2, 0) is 0 Å². The number of carboxylic acid groups (broad SMARTS) is 1. The summed E-state index contributed by atoms with van der Waals surface area (Å²) < 4.78 is 1.48. The Labute approximate surface area is 116 Å². The number of aromatic nitrogens is 4. The minimum Gasteiger partial charge on any atom is -0.476 e. The molecule has 0 bridgehead atoms. The second-order valence-corrected chi connectivity index (χ2v) is 5.54. The number of aryl methyl sites for hydroxylation is 1. The zero-order chi connectivity index (χ0) is 13.4. The number of rotatable bonds is 3. The fourth-order valence-corrected chi connectivity index (χ4v) is 3.14. The number of aromatic carboxylic acids is 1. The van der Waals surface area contributed by atoms with Gasteiger partial charge in [-0.15, -0.1) is 27.8 Å². The monoisotopic (exact) mass is 292 g/mol. The van der Waals surface area contributed by atoms with E-state index in [-0.39, 0.29) is 5.69 Å². The molecule has 8 heteroatoms. The summed E-state index contributed by atoms with van der Waals surface area (Å²) in [6.45, 7) is 1.87. The van der Waals surface area contributed by atoms with Gasteiger partial charge in [-0.2, -0.15) is 4.68 Å². The zero-order valence-electron chi connectivity index (χ0n) is 9.77. The third-order valence-electron chi connectivity index (χ3n) is 2.42. The highest BCUT2D eigenvalue weighted by Gasteiger charge is 2.23. The highest BCUT2D eigenvalue weighted by atomic mass is 32.1. The van der Waals surface area contributed by atoms with Crippen molar-refractivity contribution in [3.63, 3.8) is 0 Å². The van der Waals surface area contributed by atoms with Crippen LogP contribution < -0.4 is 0 Å². The molecule has 1 N–H and O–H groups in total. The number of hydrogen-bond donors (Lipinski definition) is 1. The molecule has 0 radical (unpaired) electrons. The van der Waals surface area contributed by atoms with Gasteiger partial charge >= 0.3 is 5.97 Å². The number of carbonyl (C=O) groups is 1. The fraction of sp³-hybridized carbons (Fsp3) is 0.0909. The molecule has 0 saturated carbocycles. The van der Waals surface area contributed by atoms with Crippen molar-refractivity contribution in [2.45, 2.75) is 6.92 Å². The molecule has 19 heavy (non-hydrogen) atoms. The molecule has 6 nitrogen and oxygen atoms in total. The van der Waals surface area contributed by atoms with Crippen LogP contribution in [0.1, 0.15) is 16.2 Å². The van der Waals surface area contributed by atoms with E-state index in [1.165, 1.54) is 27.4 Å². The van der Waals surface area contributed by atoms with Crippen molar-refractivity contribution in [2.24, 2.45) is 0 Å². The standard InChI is InChI=1S/C11H8N4O2S2/c1-6-5-19-11(12-6)15-9(7-3-2-4-18-7)8(10(16)17)13-14-15/h2-5H,1H3,(H,16,17). The Morgan fingerprint density at radius 3 is 2.84 bits per heavy atom. The number of thiazole rings is 1. The van der Waals surface area contributed by atoms with E-state index in [9.17, 15) is 9.90 Å². The second-order valence-electron chi connectivity index (χ2n) is 3.75. The Morgan fingerprint density at radius 2 is 2.26 bits per heavy atom. The Morgan fingerprint density at radius 1 is 1.42 bits per heavy atom. The maximum atomic E-state index is 11.2. The molecule has 0 unspecified atom stereocenters. The average molecular weight is 292 g/mol. The summed E-state index contributed by atoms with van der Waals surface area (Å²) in [4.78, 5) is 16.4. The van der Waals surface area contributed by atoms with E-state index in [2.05, 4.69) is 15.3 Å². The molecule has 0 amide bonds. The van der Waals surface area contributed by atoms with E-state index in [1.54, 1.807) is 0 Å². The molecule has 0 aliphatic heterocycles. The van der Waals surface area contributed by atoms with Gasteiger partial charge in [0.1, 0.15) is 5.69 Å². The highest BCUT2D eigenvalue weighted by Crippen LogP contribution is 2.30. The van der Waals surface area contributed by atoms with E-state index in [0.29, 0.717) is 10.8 Å². The first kappa shape index (κ1) is 12.0. The van der Waals surface area contributed by atoms with Gasteiger partial charge in [-0.25, -0.2) is 9.78 Å². The molecule has 0 aromatic carbocycles. The van der Waals surface area contributed by atoms with Crippen molar-refractivity contribution >= 4 is 28.6 Å². The van der Waals surface area contributed by atoms with Crippen molar-refractivity contribution in [1.82, 2.24) is 20.0 Å². The van der Waals surface area contributed by atoms with Gasteiger partial charge in [0, 0.05) is 5.38 Å². The van der Waals surface area contributed by atoms with E-state index in [1.807, 2.05) is 29.8 Å². The summed E-state index contributed by atoms with van der Waals surface area (Å²) in [6.07, 6.45) is 0. The Kier molecular flexibility index (Phi) is 2.88. The largest absolute Gasteiger partial charge is 0.476 e. The Balaban J connectivity index is 2.23. The third-order valence-corrected chi connectivity index (χ3v) is 4.23. The number of hydrogen-bond acceptors (Lipinski definition) is 6. The van der Waals surface area contributed by atoms with Crippen LogP contribution in [0.15, 0.2) is 22.9 Å². The molecule has 3 aromatic rings. The van der Waals surface area contributed by atoms with Crippen molar-refractivity contribution in [3.8, 4) is 15.7 Å². The summed E-state index contributed by atoms with van der Waals surface area (Å²) in [5, 5.41) is 21.2.